The van der Waals surface area contributed by atoms with Crippen molar-refractivity contribution in [3.8, 4) is 0 Å². The van der Waals surface area contributed by atoms with Gasteiger partial charge < -0.3 is 9.64 Å². The van der Waals surface area contributed by atoms with Gasteiger partial charge in [-0.05, 0) is 37.8 Å². The molecular formula is C21H33N3O2. The molecule has 0 bridgehead atoms. The third-order valence-electron chi connectivity index (χ3n) is 5.80. The second-order valence-corrected chi connectivity index (χ2v) is 7.86. The number of ether oxygens (including phenoxy) is 1. The van der Waals surface area contributed by atoms with Crippen LogP contribution in [0.5, 0.6) is 0 Å². The average Bonchev–Trinajstić information content (AvgIpc) is 2.64. The Kier molecular flexibility index (Phi) is 6.68. The lowest BCUT2D eigenvalue weighted by Gasteiger charge is -2.41. The van der Waals surface area contributed by atoms with Crippen LogP contribution in [0.4, 0.5) is 0 Å². The Morgan fingerprint density at radius 3 is 2.65 bits per heavy atom. The molecule has 0 N–H and O–H groups in total. The Balaban J connectivity index is 1.43. The highest BCUT2D eigenvalue weighted by atomic mass is 16.5. The number of piperidine rings is 1. The van der Waals surface area contributed by atoms with Crippen LogP contribution in [0.3, 0.4) is 0 Å². The number of aryl methyl sites for hydroxylation is 1. The van der Waals surface area contributed by atoms with Crippen molar-refractivity contribution < 1.29 is 9.53 Å². The number of benzene rings is 1. The van der Waals surface area contributed by atoms with Gasteiger partial charge in [-0.3, -0.25) is 14.6 Å². The van der Waals surface area contributed by atoms with E-state index in [2.05, 4.69) is 35.8 Å². The fraction of sp³-hybridized carbons (Fsp3) is 0.667. The van der Waals surface area contributed by atoms with Crippen molar-refractivity contribution in [2.75, 3.05) is 46.4 Å². The van der Waals surface area contributed by atoms with Crippen molar-refractivity contribution in [1.29, 1.82) is 0 Å². The zero-order valence-electron chi connectivity index (χ0n) is 16.5. The minimum atomic E-state index is 0.215. The van der Waals surface area contributed by atoms with Crippen LogP contribution in [0.15, 0.2) is 24.3 Å². The van der Waals surface area contributed by atoms with E-state index in [0.717, 1.165) is 45.6 Å². The lowest BCUT2D eigenvalue weighted by molar-refractivity contribution is -0.132. The molecule has 1 aromatic rings. The molecule has 2 fully saturated rings. The third kappa shape index (κ3) is 5.06. The Morgan fingerprint density at radius 2 is 1.96 bits per heavy atom. The molecule has 0 radical (unpaired) electrons. The van der Waals surface area contributed by atoms with Crippen LogP contribution in [0, 0.1) is 6.92 Å². The lowest BCUT2D eigenvalue weighted by Crippen LogP contribution is -2.52. The number of morpholine rings is 1. The molecule has 1 aromatic carbocycles. The van der Waals surface area contributed by atoms with Crippen LogP contribution >= 0.6 is 0 Å². The summed E-state index contributed by atoms with van der Waals surface area (Å²) in [5, 5.41) is 0. The quantitative estimate of drug-likeness (QED) is 0.807. The molecule has 0 aromatic heterocycles. The lowest BCUT2D eigenvalue weighted by atomic mass is 10.0. The first kappa shape index (κ1) is 19.3. The molecule has 0 saturated carbocycles. The number of hydrogen-bond donors (Lipinski definition) is 0. The minimum absolute atomic E-state index is 0.215. The van der Waals surface area contributed by atoms with E-state index < -0.39 is 0 Å². The molecule has 3 rings (SSSR count). The van der Waals surface area contributed by atoms with Gasteiger partial charge in [0, 0.05) is 45.8 Å². The van der Waals surface area contributed by atoms with E-state index in [9.17, 15) is 4.79 Å². The summed E-state index contributed by atoms with van der Waals surface area (Å²) in [7, 11) is 1.91. The molecule has 2 heterocycles. The summed E-state index contributed by atoms with van der Waals surface area (Å²) in [5.74, 6) is 0.215. The van der Waals surface area contributed by atoms with E-state index in [1.165, 1.54) is 11.1 Å². The molecule has 1 unspecified atom stereocenters. The summed E-state index contributed by atoms with van der Waals surface area (Å²) in [5.41, 5.74) is 2.47. The highest BCUT2D eigenvalue weighted by Crippen LogP contribution is 2.19. The first-order valence-corrected chi connectivity index (χ1v) is 9.89. The molecular weight excluding hydrogens is 326 g/mol. The second-order valence-electron chi connectivity index (χ2n) is 7.86. The van der Waals surface area contributed by atoms with E-state index in [0.29, 0.717) is 25.2 Å². The number of rotatable bonds is 5. The number of hydrogen-bond acceptors (Lipinski definition) is 4. The van der Waals surface area contributed by atoms with Gasteiger partial charge in [0.05, 0.1) is 19.3 Å². The molecule has 0 aliphatic carbocycles. The van der Waals surface area contributed by atoms with Gasteiger partial charge in [-0.15, -0.1) is 0 Å². The SMILES string of the molecule is Cc1ccccc1CN(C)C(=O)CN1CCC(N2CCOC(C)C2)CC1. The van der Waals surface area contributed by atoms with E-state index in [-0.39, 0.29) is 5.91 Å². The van der Waals surface area contributed by atoms with Crippen molar-refractivity contribution in [2.45, 2.75) is 45.4 Å². The number of likely N-dealkylation sites (tertiary alicyclic amines) is 1. The van der Waals surface area contributed by atoms with E-state index in [4.69, 9.17) is 4.74 Å². The maximum Gasteiger partial charge on any atom is 0.236 e. The molecule has 0 spiro atoms. The van der Waals surface area contributed by atoms with Crippen LogP contribution < -0.4 is 0 Å². The fourth-order valence-electron chi connectivity index (χ4n) is 4.06. The Labute approximate surface area is 157 Å². The largest absolute Gasteiger partial charge is 0.376 e. The number of carbonyl (C=O) groups excluding carboxylic acids is 1. The zero-order valence-corrected chi connectivity index (χ0v) is 16.5. The summed E-state index contributed by atoms with van der Waals surface area (Å²) < 4.78 is 5.65. The van der Waals surface area contributed by atoms with Gasteiger partial charge in [-0.1, -0.05) is 24.3 Å². The maximum absolute atomic E-state index is 12.6. The number of amides is 1. The first-order valence-electron chi connectivity index (χ1n) is 9.89. The van der Waals surface area contributed by atoms with Gasteiger partial charge in [0.1, 0.15) is 0 Å². The van der Waals surface area contributed by atoms with Gasteiger partial charge in [-0.25, -0.2) is 0 Å². The van der Waals surface area contributed by atoms with E-state index >= 15 is 0 Å². The van der Waals surface area contributed by atoms with E-state index in [1.807, 2.05) is 24.1 Å². The maximum atomic E-state index is 12.6. The zero-order chi connectivity index (χ0) is 18.5. The Morgan fingerprint density at radius 1 is 1.23 bits per heavy atom. The molecule has 5 nitrogen and oxygen atoms in total. The van der Waals surface area contributed by atoms with Crippen molar-refractivity contribution in [3.05, 3.63) is 35.4 Å². The second kappa shape index (κ2) is 8.98. The standard InChI is InChI=1S/C21H33N3O2/c1-17-6-4-5-7-19(17)15-22(3)21(25)16-23-10-8-20(9-11-23)24-12-13-26-18(2)14-24/h4-7,18,20H,8-16H2,1-3H3. The van der Waals surface area contributed by atoms with Crippen LogP contribution in [0.1, 0.15) is 30.9 Å². The monoisotopic (exact) mass is 359 g/mol. The molecule has 2 saturated heterocycles. The van der Waals surface area contributed by atoms with Crippen LogP contribution in [0.2, 0.25) is 0 Å². The van der Waals surface area contributed by atoms with E-state index in [1.54, 1.807) is 0 Å². The van der Waals surface area contributed by atoms with Crippen LogP contribution in [-0.2, 0) is 16.1 Å². The first-order chi connectivity index (χ1) is 12.5. The number of nitrogens with zero attached hydrogens (tertiary/aromatic N) is 3. The Hall–Kier alpha value is -1.43. The van der Waals surface area contributed by atoms with Crippen molar-refractivity contribution in [2.24, 2.45) is 0 Å². The highest BCUT2D eigenvalue weighted by molar-refractivity contribution is 5.78. The fourth-order valence-corrected chi connectivity index (χ4v) is 4.06. The third-order valence-corrected chi connectivity index (χ3v) is 5.80. The number of likely N-dealkylation sites (N-methyl/N-ethyl adjacent to an activating group) is 1. The van der Waals surface area contributed by atoms with Gasteiger partial charge in [0.15, 0.2) is 0 Å². The van der Waals surface area contributed by atoms with Crippen LogP contribution in [0.25, 0.3) is 0 Å². The molecule has 1 amide bonds. The molecule has 5 heteroatoms. The average molecular weight is 360 g/mol. The summed E-state index contributed by atoms with van der Waals surface area (Å²) in [6.45, 7) is 10.5. The Bertz CT molecular complexity index is 599. The van der Waals surface area contributed by atoms with Gasteiger partial charge in [-0.2, -0.15) is 0 Å². The molecule has 26 heavy (non-hydrogen) atoms. The minimum Gasteiger partial charge on any atom is -0.376 e. The van der Waals surface area contributed by atoms with Gasteiger partial charge >= 0.3 is 0 Å². The van der Waals surface area contributed by atoms with Crippen LogP contribution in [-0.4, -0.2) is 79.1 Å². The smallest absolute Gasteiger partial charge is 0.236 e. The molecule has 1 atom stereocenters. The summed E-state index contributed by atoms with van der Waals surface area (Å²) >= 11 is 0. The van der Waals surface area contributed by atoms with Gasteiger partial charge in [0.2, 0.25) is 5.91 Å². The normalized spacial score (nSPS) is 23.1. The van der Waals surface area contributed by atoms with Crippen molar-refractivity contribution in [3.63, 3.8) is 0 Å². The summed E-state index contributed by atoms with van der Waals surface area (Å²) in [4.78, 5) is 19.4. The van der Waals surface area contributed by atoms with Crippen molar-refractivity contribution >= 4 is 5.91 Å². The predicted octanol–water partition coefficient (Wildman–Crippen LogP) is 2.14. The molecule has 2 aliphatic heterocycles. The summed E-state index contributed by atoms with van der Waals surface area (Å²) in [6.07, 6.45) is 2.65. The summed E-state index contributed by atoms with van der Waals surface area (Å²) in [6, 6.07) is 8.94. The van der Waals surface area contributed by atoms with Crippen molar-refractivity contribution in [1.82, 2.24) is 14.7 Å². The highest BCUT2D eigenvalue weighted by Gasteiger charge is 2.28. The predicted molar refractivity (Wildman–Crippen MR) is 104 cm³/mol. The molecule has 2 aliphatic rings. The van der Waals surface area contributed by atoms with Gasteiger partial charge in [0.25, 0.3) is 0 Å². The topological polar surface area (TPSA) is 36.0 Å². The number of carbonyl (C=O) groups is 1. The molecule has 144 valence electrons.